The van der Waals surface area contributed by atoms with Crippen molar-refractivity contribution in [2.75, 3.05) is 18.6 Å². The molecule has 1 N–H and O–H groups in total. The van der Waals surface area contributed by atoms with Crippen molar-refractivity contribution in [3.63, 3.8) is 0 Å². The number of esters is 2. The molecule has 0 aliphatic heterocycles. The molecular formula is C31H48INO7. The third kappa shape index (κ3) is 10.8. The highest BCUT2D eigenvalue weighted by Gasteiger charge is 2.46. The standard InChI is InChI=1S/C31H48INO7/c1-29(2,3)39-26(34)22(18-24(20-32)38-8)19-31(15-9-10-16-31)28(36)33-25(27(35)40-30(4,5)6)17-21-11-13-23(37-7)14-12-21/h11-14,22,24-25H,9-10,15-20H2,1-8H3,(H,33,36)/t22-,24?,25+/m1/s1. The van der Waals surface area contributed by atoms with Crippen molar-refractivity contribution in [3.05, 3.63) is 29.8 Å². The van der Waals surface area contributed by atoms with E-state index in [2.05, 4.69) is 27.9 Å². The summed E-state index contributed by atoms with van der Waals surface area (Å²) >= 11 is 2.25. The van der Waals surface area contributed by atoms with Gasteiger partial charge in [-0.15, -0.1) is 0 Å². The molecule has 1 amide bonds. The van der Waals surface area contributed by atoms with Gasteiger partial charge in [0.15, 0.2) is 0 Å². The van der Waals surface area contributed by atoms with Gasteiger partial charge in [0.25, 0.3) is 0 Å². The lowest BCUT2D eigenvalue weighted by molar-refractivity contribution is -0.164. The van der Waals surface area contributed by atoms with Gasteiger partial charge in [-0.2, -0.15) is 0 Å². The molecule has 0 bridgehead atoms. The van der Waals surface area contributed by atoms with Crippen molar-refractivity contribution in [1.29, 1.82) is 0 Å². The summed E-state index contributed by atoms with van der Waals surface area (Å²) in [4.78, 5) is 40.7. The molecule has 0 spiro atoms. The van der Waals surface area contributed by atoms with Crippen LogP contribution in [0.5, 0.6) is 5.75 Å². The number of carbonyl (C=O) groups is 3. The monoisotopic (exact) mass is 673 g/mol. The molecule has 3 atom stereocenters. The fraction of sp³-hybridized carbons (Fsp3) is 0.710. The van der Waals surface area contributed by atoms with Crippen molar-refractivity contribution < 1.29 is 33.3 Å². The summed E-state index contributed by atoms with van der Waals surface area (Å²) in [5, 5.41) is 3.04. The summed E-state index contributed by atoms with van der Waals surface area (Å²) in [6, 6.07) is 6.53. The van der Waals surface area contributed by atoms with Crippen LogP contribution < -0.4 is 10.1 Å². The van der Waals surface area contributed by atoms with Crippen LogP contribution in [-0.4, -0.2) is 59.8 Å². The molecule has 1 aromatic carbocycles. The van der Waals surface area contributed by atoms with Gasteiger partial charge >= 0.3 is 11.9 Å². The summed E-state index contributed by atoms with van der Waals surface area (Å²) < 4.78 is 23.1. The number of carbonyl (C=O) groups excluding carboxylic acids is 3. The van der Waals surface area contributed by atoms with E-state index in [1.54, 1.807) is 35.0 Å². The molecule has 1 saturated carbocycles. The molecule has 1 aromatic rings. The maximum absolute atomic E-state index is 14.1. The average molecular weight is 674 g/mol. The Balaban J connectivity index is 2.35. The molecule has 0 saturated heterocycles. The van der Waals surface area contributed by atoms with Crippen LogP contribution in [0.3, 0.4) is 0 Å². The normalized spacial score (nSPS) is 17.4. The maximum Gasteiger partial charge on any atom is 0.329 e. The quantitative estimate of drug-likeness (QED) is 0.160. The lowest BCUT2D eigenvalue weighted by atomic mass is 9.75. The van der Waals surface area contributed by atoms with E-state index < -0.39 is 34.5 Å². The lowest BCUT2D eigenvalue weighted by Gasteiger charge is -2.35. The number of rotatable bonds is 13. The first-order chi connectivity index (χ1) is 18.6. The first-order valence-corrected chi connectivity index (χ1v) is 15.6. The SMILES string of the molecule is COc1ccc(C[C@H](NC(=O)C2(C[C@@H](CC(CI)OC)C(=O)OC(C)(C)C)CCCC2)C(=O)OC(C)(C)C)cc1. The molecule has 2 rings (SSSR count). The van der Waals surface area contributed by atoms with Crippen LogP contribution in [0.4, 0.5) is 0 Å². The van der Waals surface area contributed by atoms with E-state index in [0.717, 1.165) is 22.8 Å². The zero-order valence-electron chi connectivity index (χ0n) is 25.4. The fourth-order valence-electron chi connectivity index (χ4n) is 5.11. The van der Waals surface area contributed by atoms with Gasteiger partial charge in [-0.25, -0.2) is 4.79 Å². The zero-order valence-corrected chi connectivity index (χ0v) is 27.6. The van der Waals surface area contributed by atoms with E-state index in [9.17, 15) is 14.4 Å². The molecule has 40 heavy (non-hydrogen) atoms. The van der Waals surface area contributed by atoms with Crippen LogP contribution in [0.25, 0.3) is 0 Å². The van der Waals surface area contributed by atoms with Crippen LogP contribution in [0.1, 0.15) is 85.6 Å². The van der Waals surface area contributed by atoms with Gasteiger partial charge in [-0.3, -0.25) is 9.59 Å². The first-order valence-electron chi connectivity index (χ1n) is 14.1. The molecule has 8 nitrogen and oxygen atoms in total. The zero-order chi connectivity index (χ0) is 30.1. The Morgan fingerprint density at radius 1 is 0.925 bits per heavy atom. The summed E-state index contributed by atoms with van der Waals surface area (Å²) in [6.45, 7) is 10.9. The predicted molar refractivity (Wildman–Crippen MR) is 164 cm³/mol. The molecule has 1 unspecified atom stereocenters. The highest BCUT2D eigenvalue weighted by molar-refractivity contribution is 14.1. The number of amides is 1. The maximum atomic E-state index is 14.1. The number of hydrogen-bond donors (Lipinski definition) is 1. The largest absolute Gasteiger partial charge is 0.497 e. The van der Waals surface area contributed by atoms with E-state index >= 15 is 0 Å². The molecular weight excluding hydrogens is 625 g/mol. The van der Waals surface area contributed by atoms with Crippen LogP contribution >= 0.6 is 22.6 Å². The minimum absolute atomic E-state index is 0.135. The molecule has 0 aromatic heterocycles. The van der Waals surface area contributed by atoms with E-state index in [-0.39, 0.29) is 24.4 Å². The Morgan fingerprint density at radius 3 is 1.95 bits per heavy atom. The number of alkyl halides is 1. The summed E-state index contributed by atoms with van der Waals surface area (Å²) in [5.41, 5.74) is -1.27. The van der Waals surface area contributed by atoms with Crippen molar-refractivity contribution in [2.45, 2.75) is 110 Å². The number of halogens is 1. The smallest absolute Gasteiger partial charge is 0.329 e. The number of hydrogen-bond acceptors (Lipinski definition) is 7. The highest BCUT2D eigenvalue weighted by atomic mass is 127. The van der Waals surface area contributed by atoms with E-state index in [1.807, 2.05) is 45.0 Å². The summed E-state index contributed by atoms with van der Waals surface area (Å²) in [7, 11) is 3.23. The summed E-state index contributed by atoms with van der Waals surface area (Å²) in [6.07, 6.45) is 3.99. The number of methoxy groups -OCH3 is 2. The van der Waals surface area contributed by atoms with Gasteiger partial charge in [0.1, 0.15) is 23.0 Å². The molecule has 9 heteroatoms. The van der Waals surface area contributed by atoms with Crippen LogP contribution in [0, 0.1) is 11.3 Å². The van der Waals surface area contributed by atoms with Gasteiger partial charge in [0.2, 0.25) is 5.91 Å². The number of benzene rings is 1. The van der Waals surface area contributed by atoms with Crippen LogP contribution in [0.15, 0.2) is 24.3 Å². The van der Waals surface area contributed by atoms with E-state index in [4.69, 9.17) is 18.9 Å². The molecule has 226 valence electrons. The second kappa shape index (κ2) is 14.8. The second-order valence-corrected chi connectivity index (χ2v) is 13.7. The third-order valence-electron chi connectivity index (χ3n) is 7.07. The Morgan fingerprint density at radius 2 is 1.48 bits per heavy atom. The van der Waals surface area contributed by atoms with Gasteiger partial charge < -0.3 is 24.3 Å². The summed E-state index contributed by atoms with van der Waals surface area (Å²) in [5.74, 6) is -0.824. The Hall–Kier alpha value is -1.88. The van der Waals surface area contributed by atoms with Gasteiger partial charge in [0, 0.05) is 18.0 Å². The molecule has 0 heterocycles. The third-order valence-corrected chi connectivity index (χ3v) is 8.05. The molecule has 1 aliphatic rings. The highest BCUT2D eigenvalue weighted by Crippen LogP contribution is 2.45. The fourth-order valence-corrected chi connectivity index (χ4v) is 5.83. The number of nitrogens with one attached hydrogen (secondary N) is 1. The van der Waals surface area contributed by atoms with Crippen molar-refractivity contribution in [3.8, 4) is 5.75 Å². The van der Waals surface area contributed by atoms with Crippen molar-refractivity contribution in [2.24, 2.45) is 11.3 Å². The van der Waals surface area contributed by atoms with Gasteiger partial charge in [0.05, 0.1) is 24.5 Å². The minimum Gasteiger partial charge on any atom is -0.497 e. The molecule has 1 fully saturated rings. The van der Waals surface area contributed by atoms with Gasteiger partial charge in [-0.1, -0.05) is 47.6 Å². The predicted octanol–water partition coefficient (Wildman–Crippen LogP) is 5.81. The average Bonchev–Trinajstić information content (AvgIpc) is 3.34. The second-order valence-electron chi connectivity index (χ2n) is 12.8. The van der Waals surface area contributed by atoms with Crippen molar-refractivity contribution in [1.82, 2.24) is 5.32 Å². The Labute approximate surface area is 253 Å². The first kappa shape index (κ1) is 34.3. The van der Waals surface area contributed by atoms with Crippen molar-refractivity contribution >= 4 is 40.4 Å². The van der Waals surface area contributed by atoms with Crippen LogP contribution in [-0.2, 0) is 35.0 Å². The molecule has 1 aliphatic carbocycles. The molecule has 0 radical (unpaired) electrons. The van der Waals surface area contributed by atoms with E-state index in [1.165, 1.54) is 0 Å². The van der Waals surface area contributed by atoms with Gasteiger partial charge in [-0.05, 0) is 84.9 Å². The van der Waals surface area contributed by atoms with Crippen LogP contribution in [0.2, 0.25) is 0 Å². The topological polar surface area (TPSA) is 100 Å². The Bertz CT molecular complexity index is 971. The lowest BCUT2D eigenvalue weighted by Crippen LogP contribution is -2.51. The minimum atomic E-state index is -0.876. The Kier molecular flexibility index (Phi) is 12.7. The number of ether oxygens (including phenoxy) is 4. The van der Waals surface area contributed by atoms with E-state index in [0.29, 0.717) is 31.4 Å².